The Kier molecular flexibility index (Phi) is 4.11. The lowest BCUT2D eigenvalue weighted by atomic mass is 10.2. The van der Waals surface area contributed by atoms with E-state index in [0.717, 1.165) is 4.47 Å². The van der Waals surface area contributed by atoms with E-state index >= 15 is 0 Å². The molecule has 2 rings (SSSR count). The van der Waals surface area contributed by atoms with E-state index in [-0.39, 0.29) is 0 Å². The summed E-state index contributed by atoms with van der Waals surface area (Å²) in [5.74, 6) is 0.445. The normalized spacial score (nSPS) is 9.47. The molecule has 6 heteroatoms. The Morgan fingerprint density at radius 3 is 2.58 bits per heavy atom. The van der Waals surface area contributed by atoms with Crippen LogP contribution in [-0.4, -0.2) is 11.0 Å². The van der Waals surface area contributed by atoms with E-state index in [1.54, 1.807) is 42.6 Å². The van der Waals surface area contributed by atoms with Gasteiger partial charge in [-0.3, -0.25) is 5.32 Å². The molecule has 2 aromatic rings. The highest BCUT2D eigenvalue weighted by Crippen LogP contribution is 2.13. The molecule has 0 radical (unpaired) electrons. The molecule has 0 unspecified atom stereocenters. The molecule has 0 saturated carbocycles. The van der Waals surface area contributed by atoms with E-state index in [1.165, 1.54) is 0 Å². The summed E-state index contributed by atoms with van der Waals surface area (Å²) in [5, 5.41) is 13.9. The largest absolute Gasteiger partial charge is 0.324 e. The van der Waals surface area contributed by atoms with Crippen LogP contribution in [0.2, 0.25) is 0 Å². The van der Waals surface area contributed by atoms with Crippen molar-refractivity contribution in [1.82, 2.24) is 4.98 Å². The van der Waals surface area contributed by atoms with Gasteiger partial charge in [0.1, 0.15) is 5.82 Å². The fourth-order valence-corrected chi connectivity index (χ4v) is 1.71. The van der Waals surface area contributed by atoms with E-state index in [0.29, 0.717) is 17.1 Å². The highest BCUT2D eigenvalue weighted by Gasteiger charge is 2.03. The van der Waals surface area contributed by atoms with Crippen molar-refractivity contribution in [2.75, 3.05) is 10.6 Å². The van der Waals surface area contributed by atoms with E-state index in [2.05, 4.69) is 31.5 Å². The monoisotopic (exact) mass is 316 g/mol. The van der Waals surface area contributed by atoms with Gasteiger partial charge in [-0.15, -0.1) is 0 Å². The second-order valence-corrected chi connectivity index (χ2v) is 4.54. The van der Waals surface area contributed by atoms with Crippen molar-refractivity contribution in [3.8, 4) is 6.07 Å². The standard InChI is InChI=1S/C13H9BrN4O/c14-10-5-6-16-12(7-10)18-13(19)17-11-3-1-9(8-15)2-4-11/h1-7H,(H2,16,17,18,19). The van der Waals surface area contributed by atoms with Crippen LogP contribution in [0.4, 0.5) is 16.3 Å². The van der Waals surface area contributed by atoms with Gasteiger partial charge in [0.2, 0.25) is 0 Å². The molecule has 2 amide bonds. The van der Waals surface area contributed by atoms with Crippen molar-refractivity contribution >= 4 is 33.5 Å². The SMILES string of the molecule is N#Cc1ccc(NC(=O)Nc2cc(Br)ccn2)cc1. The maximum atomic E-state index is 11.7. The van der Waals surface area contributed by atoms with Gasteiger partial charge in [-0.1, -0.05) is 15.9 Å². The number of hydrogen-bond donors (Lipinski definition) is 2. The molecule has 0 atom stereocenters. The Bertz CT molecular complexity index is 634. The van der Waals surface area contributed by atoms with Crippen LogP contribution < -0.4 is 10.6 Å². The van der Waals surface area contributed by atoms with Crippen molar-refractivity contribution in [2.24, 2.45) is 0 Å². The van der Waals surface area contributed by atoms with Gasteiger partial charge < -0.3 is 5.32 Å². The molecular formula is C13H9BrN4O. The zero-order valence-corrected chi connectivity index (χ0v) is 11.3. The van der Waals surface area contributed by atoms with Crippen LogP contribution >= 0.6 is 15.9 Å². The average molecular weight is 317 g/mol. The van der Waals surface area contributed by atoms with Crippen LogP contribution in [0.15, 0.2) is 47.1 Å². The molecule has 0 spiro atoms. The van der Waals surface area contributed by atoms with Crippen molar-refractivity contribution < 1.29 is 4.79 Å². The molecule has 0 aliphatic rings. The number of halogens is 1. The van der Waals surface area contributed by atoms with Gasteiger partial charge in [-0.2, -0.15) is 5.26 Å². The summed E-state index contributed by atoms with van der Waals surface area (Å²) < 4.78 is 0.830. The lowest BCUT2D eigenvalue weighted by molar-refractivity contribution is 0.262. The first-order valence-corrected chi connectivity index (χ1v) is 6.16. The zero-order valence-electron chi connectivity index (χ0n) is 9.72. The first-order valence-electron chi connectivity index (χ1n) is 5.37. The second kappa shape index (κ2) is 5.98. The minimum atomic E-state index is -0.393. The number of aromatic nitrogens is 1. The molecule has 0 fully saturated rings. The Balaban J connectivity index is 1.99. The zero-order chi connectivity index (χ0) is 13.7. The molecule has 1 aromatic carbocycles. The summed E-state index contributed by atoms with van der Waals surface area (Å²) >= 11 is 3.29. The third kappa shape index (κ3) is 3.79. The molecule has 19 heavy (non-hydrogen) atoms. The van der Waals surface area contributed by atoms with Gasteiger partial charge in [0.25, 0.3) is 0 Å². The van der Waals surface area contributed by atoms with Gasteiger partial charge in [0.15, 0.2) is 0 Å². The second-order valence-electron chi connectivity index (χ2n) is 3.63. The number of benzene rings is 1. The van der Waals surface area contributed by atoms with Crippen LogP contribution in [0.1, 0.15) is 5.56 Å². The summed E-state index contributed by atoms with van der Waals surface area (Å²) in [5.41, 5.74) is 1.14. The number of amides is 2. The molecule has 94 valence electrons. The first kappa shape index (κ1) is 13.1. The van der Waals surface area contributed by atoms with E-state index < -0.39 is 6.03 Å². The predicted molar refractivity (Wildman–Crippen MR) is 75.7 cm³/mol. The molecule has 1 heterocycles. The van der Waals surface area contributed by atoms with Gasteiger partial charge in [0.05, 0.1) is 11.6 Å². The third-order valence-corrected chi connectivity index (χ3v) is 2.73. The van der Waals surface area contributed by atoms with Crippen LogP contribution in [-0.2, 0) is 0 Å². The van der Waals surface area contributed by atoms with Crippen molar-refractivity contribution in [3.05, 3.63) is 52.6 Å². The minimum Gasteiger partial charge on any atom is -0.308 e. The smallest absolute Gasteiger partial charge is 0.308 e. The fraction of sp³-hybridized carbons (Fsp3) is 0. The van der Waals surface area contributed by atoms with Crippen molar-refractivity contribution in [3.63, 3.8) is 0 Å². The van der Waals surface area contributed by atoms with Crippen LogP contribution in [0.3, 0.4) is 0 Å². The number of nitrogens with zero attached hydrogens (tertiary/aromatic N) is 2. The Labute approximate surface area is 118 Å². The summed E-state index contributed by atoms with van der Waals surface area (Å²) in [6.07, 6.45) is 1.58. The van der Waals surface area contributed by atoms with Crippen molar-refractivity contribution in [2.45, 2.75) is 0 Å². The van der Waals surface area contributed by atoms with Crippen LogP contribution in [0.25, 0.3) is 0 Å². The average Bonchev–Trinajstić information content (AvgIpc) is 2.39. The van der Waals surface area contributed by atoms with Crippen LogP contribution in [0.5, 0.6) is 0 Å². The lowest BCUT2D eigenvalue weighted by Crippen LogP contribution is -2.19. The summed E-state index contributed by atoms with van der Waals surface area (Å²) in [6.45, 7) is 0. The van der Waals surface area contributed by atoms with Crippen molar-refractivity contribution in [1.29, 1.82) is 5.26 Å². The topological polar surface area (TPSA) is 77.8 Å². The van der Waals surface area contributed by atoms with E-state index in [9.17, 15) is 4.79 Å². The van der Waals surface area contributed by atoms with Gasteiger partial charge >= 0.3 is 6.03 Å². The maximum Gasteiger partial charge on any atom is 0.324 e. The number of carbonyl (C=O) groups excluding carboxylic acids is 1. The Hall–Kier alpha value is -2.39. The molecule has 1 aromatic heterocycles. The number of pyridine rings is 1. The number of urea groups is 1. The van der Waals surface area contributed by atoms with Gasteiger partial charge in [0, 0.05) is 16.4 Å². The number of nitrogens with one attached hydrogen (secondary N) is 2. The highest BCUT2D eigenvalue weighted by atomic mass is 79.9. The molecule has 0 bridgehead atoms. The Morgan fingerprint density at radius 1 is 1.21 bits per heavy atom. The molecule has 2 N–H and O–H groups in total. The number of nitriles is 1. The number of anilines is 2. The summed E-state index contributed by atoms with van der Waals surface area (Å²) in [6, 6.07) is 11.7. The van der Waals surface area contributed by atoms with Crippen LogP contribution in [0, 0.1) is 11.3 Å². The number of hydrogen-bond acceptors (Lipinski definition) is 3. The fourth-order valence-electron chi connectivity index (χ4n) is 1.38. The highest BCUT2D eigenvalue weighted by molar-refractivity contribution is 9.10. The molecule has 5 nitrogen and oxygen atoms in total. The molecule has 0 saturated heterocycles. The number of rotatable bonds is 2. The van der Waals surface area contributed by atoms with Gasteiger partial charge in [-0.25, -0.2) is 9.78 Å². The van der Waals surface area contributed by atoms with Gasteiger partial charge in [-0.05, 0) is 36.4 Å². The maximum absolute atomic E-state index is 11.7. The summed E-state index contributed by atoms with van der Waals surface area (Å²) in [4.78, 5) is 15.7. The summed E-state index contributed by atoms with van der Waals surface area (Å²) in [7, 11) is 0. The Morgan fingerprint density at radius 2 is 1.95 bits per heavy atom. The molecule has 0 aliphatic carbocycles. The van der Waals surface area contributed by atoms with E-state index in [4.69, 9.17) is 5.26 Å². The third-order valence-electron chi connectivity index (χ3n) is 2.24. The quantitative estimate of drug-likeness (QED) is 0.891. The van der Waals surface area contributed by atoms with E-state index in [1.807, 2.05) is 6.07 Å². The predicted octanol–water partition coefficient (Wildman–Crippen LogP) is 3.36. The first-order chi connectivity index (χ1) is 9.17. The molecule has 0 aliphatic heterocycles. The minimum absolute atomic E-state index is 0.393. The number of carbonyl (C=O) groups is 1. The molecular weight excluding hydrogens is 308 g/mol. The lowest BCUT2D eigenvalue weighted by Gasteiger charge is -2.07.